The minimum atomic E-state index is -0.173. The number of piperidine rings is 1. The predicted octanol–water partition coefficient (Wildman–Crippen LogP) is 3.29. The van der Waals surface area contributed by atoms with Crippen molar-refractivity contribution >= 4 is 11.7 Å². The number of carbonyl (C=O) groups is 1. The maximum absolute atomic E-state index is 12.8. The highest BCUT2D eigenvalue weighted by Gasteiger charge is 2.29. The zero-order valence-corrected chi connectivity index (χ0v) is 16.7. The van der Waals surface area contributed by atoms with Gasteiger partial charge < -0.3 is 10.2 Å². The van der Waals surface area contributed by atoms with E-state index in [0.29, 0.717) is 18.9 Å². The summed E-state index contributed by atoms with van der Waals surface area (Å²) in [5.41, 5.74) is 2.46. The zero-order chi connectivity index (χ0) is 20.4. The SMILES string of the molecule is Cc1ccccc1NC(=O)N1CCC[C@H](c2nn(C)c(=O)n2-c2ccccc2)C1. The summed E-state index contributed by atoms with van der Waals surface area (Å²) < 4.78 is 3.03. The van der Waals surface area contributed by atoms with E-state index >= 15 is 0 Å². The van der Waals surface area contributed by atoms with Crippen LogP contribution in [0.15, 0.2) is 59.4 Å². The standard InChI is InChI=1S/C22H25N5O2/c1-16-9-6-7-13-19(16)23-21(28)26-14-8-10-17(15-26)20-24-25(2)22(29)27(20)18-11-4-3-5-12-18/h3-7,9,11-13,17H,8,10,14-15H2,1-2H3,(H,23,28)/t17-/m0/s1. The summed E-state index contributed by atoms with van der Waals surface area (Å²) in [6.07, 6.45) is 1.75. The van der Waals surface area contributed by atoms with Crippen LogP contribution in [0.4, 0.5) is 10.5 Å². The number of carbonyl (C=O) groups excluding carboxylic acids is 1. The van der Waals surface area contributed by atoms with Crippen LogP contribution in [-0.2, 0) is 7.05 Å². The molecular formula is C22H25N5O2. The number of urea groups is 1. The lowest BCUT2D eigenvalue weighted by atomic mass is 9.97. The van der Waals surface area contributed by atoms with Crippen LogP contribution < -0.4 is 11.0 Å². The quantitative estimate of drug-likeness (QED) is 0.745. The molecule has 7 heteroatoms. The first-order valence-corrected chi connectivity index (χ1v) is 9.87. The van der Waals surface area contributed by atoms with Crippen molar-refractivity contribution in [2.45, 2.75) is 25.7 Å². The van der Waals surface area contributed by atoms with Crippen molar-refractivity contribution < 1.29 is 4.79 Å². The van der Waals surface area contributed by atoms with Gasteiger partial charge in [-0.3, -0.25) is 0 Å². The number of benzene rings is 2. The monoisotopic (exact) mass is 391 g/mol. The molecule has 7 nitrogen and oxygen atoms in total. The Balaban J connectivity index is 1.58. The number of hydrogen-bond acceptors (Lipinski definition) is 3. The number of anilines is 1. The molecule has 0 bridgehead atoms. The number of aromatic nitrogens is 3. The summed E-state index contributed by atoms with van der Waals surface area (Å²) in [6, 6.07) is 17.1. The van der Waals surface area contributed by atoms with E-state index in [1.54, 1.807) is 11.6 Å². The molecule has 0 spiro atoms. The molecule has 29 heavy (non-hydrogen) atoms. The Labute approximate surface area is 169 Å². The maximum Gasteiger partial charge on any atom is 0.350 e. The van der Waals surface area contributed by atoms with Gasteiger partial charge >= 0.3 is 11.7 Å². The van der Waals surface area contributed by atoms with E-state index in [-0.39, 0.29) is 17.6 Å². The first-order chi connectivity index (χ1) is 14.0. The molecule has 1 atom stereocenters. The Bertz CT molecular complexity index is 1070. The number of amides is 2. The highest BCUT2D eigenvalue weighted by Crippen LogP contribution is 2.27. The van der Waals surface area contributed by atoms with Gasteiger partial charge in [0.15, 0.2) is 0 Å². The molecule has 2 heterocycles. The molecule has 1 N–H and O–H groups in total. The number of likely N-dealkylation sites (tertiary alicyclic amines) is 1. The number of nitrogens with zero attached hydrogens (tertiary/aromatic N) is 4. The van der Waals surface area contributed by atoms with Crippen molar-refractivity contribution in [1.82, 2.24) is 19.2 Å². The van der Waals surface area contributed by atoms with Crippen LogP contribution in [-0.4, -0.2) is 38.4 Å². The molecule has 1 fully saturated rings. The van der Waals surface area contributed by atoms with Gasteiger partial charge in [-0.05, 0) is 43.5 Å². The smallest absolute Gasteiger partial charge is 0.324 e. The highest BCUT2D eigenvalue weighted by molar-refractivity contribution is 5.90. The molecule has 1 aliphatic heterocycles. The molecular weight excluding hydrogens is 366 g/mol. The zero-order valence-electron chi connectivity index (χ0n) is 16.7. The number of para-hydroxylation sites is 2. The van der Waals surface area contributed by atoms with E-state index in [2.05, 4.69) is 10.4 Å². The molecule has 4 rings (SSSR count). The van der Waals surface area contributed by atoms with E-state index in [1.807, 2.05) is 66.4 Å². The maximum atomic E-state index is 12.8. The van der Waals surface area contributed by atoms with Gasteiger partial charge in [0.2, 0.25) is 0 Å². The highest BCUT2D eigenvalue weighted by atomic mass is 16.2. The molecule has 1 aromatic heterocycles. The Hall–Kier alpha value is -3.35. The lowest BCUT2D eigenvalue weighted by Crippen LogP contribution is -2.42. The number of hydrogen-bond donors (Lipinski definition) is 1. The Morgan fingerprint density at radius 2 is 1.83 bits per heavy atom. The van der Waals surface area contributed by atoms with Crippen molar-refractivity contribution in [1.29, 1.82) is 0 Å². The van der Waals surface area contributed by atoms with E-state index in [9.17, 15) is 9.59 Å². The van der Waals surface area contributed by atoms with Crippen LogP contribution in [0.1, 0.15) is 30.1 Å². The fourth-order valence-corrected chi connectivity index (χ4v) is 3.85. The lowest BCUT2D eigenvalue weighted by molar-refractivity contribution is 0.191. The van der Waals surface area contributed by atoms with Crippen molar-refractivity contribution in [3.63, 3.8) is 0 Å². The molecule has 2 aromatic carbocycles. The second kappa shape index (κ2) is 7.95. The van der Waals surface area contributed by atoms with Crippen molar-refractivity contribution in [3.8, 4) is 5.69 Å². The first kappa shape index (κ1) is 19.0. The minimum absolute atomic E-state index is 0.000441. The van der Waals surface area contributed by atoms with Gasteiger partial charge in [0.1, 0.15) is 5.82 Å². The topological polar surface area (TPSA) is 72.2 Å². The molecule has 1 aliphatic rings. The predicted molar refractivity (Wildman–Crippen MR) is 113 cm³/mol. The normalized spacial score (nSPS) is 16.6. The van der Waals surface area contributed by atoms with Crippen LogP contribution >= 0.6 is 0 Å². The Kier molecular flexibility index (Phi) is 5.20. The van der Waals surface area contributed by atoms with Gasteiger partial charge in [0.05, 0.1) is 5.69 Å². The molecule has 0 aliphatic carbocycles. The lowest BCUT2D eigenvalue weighted by Gasteiger charge is -2.32. The average Bonchev–Trinajstić information content (AvgIpc) is 3.05. The van der Waals surface area contributed by atoms with Crippen molar-refractivity contribution in [3.05, 3.63) is 76.5 Å². The van der Waals surface area contributed by atoms with Gasteiger partial charge in [-0.15, -0.1) is 0 Å². The van der Waals surface area contributed by atoms with Crippen LogP contribution in [0.5, 0.6) is 0 Å². The van der Waals surface area contributed by atoms with Crippen LogP contribution in [0.25, 0.3) is 5.69 Å². The fourth-order valence-electron chi connectivity index (χ4n) is 3.85. The van der Waals surface area contributed by atoms with E-state index in [1.165, 1.54) is 4.68 Å². The van der Waals surface area contributed by atoms with Crippen LogP contribution in [0, 0.1) is 6.92 Å². The van der Waals surface area contributed by atoms with E-state index in [0.717, 1.165) is 29.8 Å². The average molecular weight is 391 g/mol. The van der Waals surface area contributed by atoms with Crippen molar-refractivity contribution in [2.24, 2.45) is 7.05 Å². The third kappa shape index (κ3) is 3.81. The van der Waals surface area contributed by atoms with Gasteiger partial charge in [-0.2, -0.15) is 5.10 Å². The van der Waals surface area contributed by atoms with E-state index < -0.39 is 0 Å². The molecule has 3 aromatic rings. The Morgan fingerprint density at radius 3 is 2.59 bits per heavy atom. The molecule has 150 valence electrons. The number of rotatable bonds is 3. The molecule has 2 amide bonds. The molecule has 0 radical (unpaired) electrons. The van der Waals surface area contributed by atoms with Gasteiger partial charge in [-0.1, -0.05) is 36.4 Å². The summed E-state index contributed by atoms with van der Waals surface area (Å²) in [7, 11) is 1.66. The summed E-state index contributed by atoms with van der Waals surface area (Å²) in [4.78, 5) is 27.4. The minimum Gasteiger partial charge on any atom is -0.324 e. The van der Waals surface area contributed by atoms with E-state index in [4.69, 9.17) is 0 Å². The summed E-state index contributed by atoms with van der Waals surface area (Å²) in [6.45, 7) is 3.19. The first-order valence-electron chi connectivity index (χ1n) is 9.87. The largest absolute Gasteiger partial charge is 0.350 e. The number of aryl methyl sites for hydroxylation is 2. The van der Waals surface area contributed by atoms with Gasteiger partial charge in [0.25, 0.3) is 0 Å². The summed E-state index contributed by atoms with van der Waals surface area (Å²) in [5, 5.41) is 7.52. The second-order valence-corrected chi connectivity index (χ2v) is 7.47. The van der Waals surface area contributed by atoms with Gasteiger partial charge in [-0.25, -0.2) is 18.8 Å². The van der Waals surface area contributed by atoms with Gasteiger partial charge in [0, 0.05) is 31.7 Å². The summed E-state index contributed by atoms with van der Waals surface area (Å²) >= 11 is 0. The van der Waals surface area contributed by atoms with Crippen molar-refractivity contribution in [2.75, 3.05) is 18.4 Å². The van der Waals surface area contributed by atoms with Crippen LogP contribution in [0.3, 0.4) is 0 Å². The third-order valence-corrected chi connectivity index (χ3v) is 5.42. The number of nitrogens with one attached hydrogen (secondary N) is 1. The van der Waals surface area contributed by atoms with Crippen LogP contribution in [0.2, 0.25) is 0 Å². The second-order valence-electron chi connectivity index (χ2n) is 7.47. The molecule has 0 unspecified atom stereocenters. The fraction of sp³-hybridized carbons (Fsp3) is 0.318. The molecule has 0 saturated carbocycles. The summed E-state index contributed by atoms with van der Waals surface area (Å²) in [5.74, 6) is 0.706. The Morgan fingerprint density at radius 1 is 1.10 bits per heavy atom. The third-order valence-electron chi connectivity index (χ3n) is 5.42. The molecule has 1 saturated heterocycles.